The minimum absolute atomic E-state index is 0.222. The Morgan fingerprint density at radius 2 is 2.43 bits per heavy atom. The van der Waals surface area contributed by atoms with Gasteiger partial charge in [0.25, 0.3) is 0 Å². The number of hydrogen-bond donors (Lipinski definition) is 1. The normalized spacial score (nSPS) is 8.64. The zero-order valence-corrected chi connectivity index (χ0v) is 7.66. The number of pyridine rings is 1. The molecule has 0 aliphatic rings. The van der Waals surface area contributed by atoms with Gasteiger partial charge in [-0.2, -0.15) is 0 Å². The standard InChI is InChI=1S/C10H9NO3/c1-2-14-10(13)4-3-8-7-11-6-5-9(8)12/h5-7H,2H2,1H3,(H,11,12). The molecule has 1 rings (SSSR count). The number of carbonyl (C=O) groups is 1. The lowest BCUT2D eigenvalue weighted by molar-refractivity contribution is -0.136. The van der Waals surface area contributed by atoms with Crippen LogP contribution in [0.1, 0.15) is 12.5 Å². The second-order valence-corrected chi connectivity index (χ2v) is 2.39. The molecule has 72 valence electrons. The van der Waals surface area contributed by atoms with E-state index in [2.05, 4.69) is 21.6 Å². The maximum Gasteiger partial charge on any atom is 0.384 e. The van der Waals surface area contributed by atoms with Crippen LogP contribution in [0, 0.1) is 11.8 Å². The first-order valence-electron chi connectivity index (χ1n) is 4.10. The quantitative estimate of drug-likeness (QED) is 0.512. The fraction of sp³-hybridized carbons (Fsp3) is 0.200. The minimum Gasteiger partial charge on any atom is -0.456 e. The van der Waals surface area contributed by atoms with Crippen molar-refractivity contribution >= 4 is 5.97 Å². The number of H-pyrrole nitrogens is 1. The molecule has 0 amide bonds. The van der Waals surface area contributed by atoms with Crippen molar-refractivity contribution in [2.24, 2.45) is 0 Å². The number of hydrogen-bond acceptors (Lipinski definition) is 3. The maximum atomic E-state index is 11.1. The third kappa shape index (κ3) is 2.79. The molecular formula is C10H9NO3. The molecule has 4 heteroatoms. The van der Waals surface area contributed by atoms with Crippen molar-refractivity contribution in [3.63, 3.8) is 0 Å². The predicted octanol–water partition coefficient (Wildman–Crippen LogP) is 0.290. The van der Waals surface area contributed by atoms with E-state index >= 15 is 0 Å². The molecule has 0 aliphatic carbocycles. The highest BCUT2D eigenvalue weighted by atomic mass is 16.5. The molecule has 1 heterocycles. The van der Waals surface area contributed by atoms with Crippen molar-refractivity contribution in [2.45, 2.75) is 6.92 Å². The first-order chi connectivity index (χ1) is 6.74. The van der Waals surface area contributed by atoms with Gasteiger partial charge in [0.2, 0.25) is 0 Å². The Bertz CT molecular complexity index is 436. The maximum absolute atomic E-state index is 11.1. The molecule has 0 unspecified atom stereocenters. The second-order valence-electron chi connectivity index (χ2n) is 2.39. The van der Waals surface area contributed by atoms with E-state index in [-0.39, 0.29) is 17.6 Å². The lowest BCUT2D eigenvalue weighted by Gasteiger charge is -1.90. The summed E-state index contributed by atoms with van der Waals surface area (Å²) in [6.07, 6.45) is 2.94. The van der Waals surface area contributed by atoms with Gasteiger partial charge in [0, 0.05) is 24.4 Å². The van der Waals surface area contributed by atoms with Gasteiger partial charge < -0.3 is 9.72 Å². The number of rotatable bonds is 1. The lowest BCUT2D eigenvalue weighted by atomic mass is 10.3. The average Bonchev–Trinajstić information content (AvgIpc) is 2.17. The van der Waals surface area contributed by atoms with Crippen molar-refractivity contribution in [1.82, 2.24) is 4.98 Å². The Morgan fingerprint density at radius 1 is 1.64 bits per heavy atom. The third-order valence-electron chi connectivity index (χ3n) is 1.40. The summed E-state index contributed by atoms with van der Waals surface area (Å²) < 4.78 is 4.58. The van der Waals surface area contributed by atoms with Crippen molar-refractivity contribution < 1.29 is 9.53 Å². The molecule has 0 aromatic carbocycles. The smallest absolute Gasteiger partial charge is 0.384 e. The SMILES string of the molecule is CCOC(=O)C#Cc1c[nH]ccc1=O. The monoisotopic (exact) mass is 191 g/mol. The van der Waals surface area contributed by atoms with E-state index in [1.165, 1.54) is 18.5 Å². The van der Waals surface area contributed by atoms with Crippen LogP contribution in [0.5, 0.6) is 0 Å². The molecule has 4 nitrogen and oxygen atoms in total. The lowest BCUT2D eigenvalue weighted by Crippen LogP contribution is -2.05. The van der Waals surface area contributed by atoms with Crippen LogP contribution in [0.3, 0.4) is 0 Å². The molecule has 1 aromatic heterocycles. The Kier molecular flexibility index (Phi) is 3.50. The van der Waals surface area contributed by atoms with Gasteiger partial charge in [0.15, 0.2) is 5.43 Å². The number of ether oxygens (including phenoxy) is 1. The van der Waals surface area contributed by atoms with E-state index in [1.807, 2.05) is 0 Å². The number of aromatic amines is 1. The summed E-state index contributed by atoms with van der Waals surface area (Å²) in [6, 6.07) is 1.34. The molecule has 1 N–H and O–H groups in total. The van der Waals surface area contributed by atoms with Crippen LogP contribution in [0.4, 0.5) is 0 Å². The molecule has 0 aliphatic heterocycles. The van der Waals surface area contributed by atoms with Gasteiger partial charge in [-0.05, 0) is 12.8 Å². The molecule has 0 fully saturated rings. The van der Waals surface area contributed by atoms with Crippen molar-refractivity contribution in [3.05, 3.63) is 34.2 Å². The molecule has 1 aromatic rings. The molecule has 0 spiro atoms. The van der Waals surface area contributed by atoms with E-state index < -0.39 is 5.97 Å². The fourth-order valence-corrected chi connectivity index (χ4v) is 0.799. The van der Waals surface area contributed by atoms with Crippen molar-refractivity contribution in [2.75, 3.05) is 6.61 Å². The highest BCUT2D eigenvalue weighted by Gasteiger charge is 1.95. The summed E-state index contributed by atoms with van der Waals surface area (Å²) in [7, 11) is 0. The summed E-state index contributed by atoms with van der Waals surface area (Å²) in [4.78, 5) is 24.6. The fourth-order valence-electron chi connectivity index (χ4n) is 0.799. The van der Waals surface area contributed by atoms with Gasteiger partial charge in [0.1, 0.15) is 0 Å². The first kappa shape index (κ1) is 10.1. The van der Waals surface area contributed by atoms with Crippen LogP contribution in [-0.2, 0) is 9.53 Å². The van der Waals surface area contributed by atoms with E-state index in [4.69, 9.17) is 0 Å². The average molecular weight is 191 g/mol. The zero-order valence-electron chi connectivity index (χ0n) is 7.66. The summed E-state index contributed by atoms with van der Waals surface area (Å²) in [6.45, 7) is 1.97. The van der Waals surface area contributed by atoms with E-state index in [0.717, 1.165) is 0 Å². The number of carbonyl (C=O) groups excluding carboxylic acids is 1. The van der Waals surface area contributed by atoms with Crippen molar-refractivity contribution in [3.8, 4) is 11.8 Å². The van der Waals surface area contributed by atoms with Gasteiger partial charge >= 0.3 is 5.97 Å². The molecule has 0 saturated heterocycles. The number of esters is 1. The molecule has 14 heavy (non-hydrogen) atoms. The highest BCUT2D eigenvalue weighted by Crippen LogP contribution is 1.83. The van der Waals surface area contributed by atoms with Crippen LogP contribution in [0.15, 0.2) is 23.3 Å². The van der Waals surface area contributed by atoms with E-state index in [1.54, 1.807) is 6.92 Å². The van der Waals surface area contributed by atoms with Crippen LogP contribution in [-0.4, -0.2) is 17.6 Å². The van der Waals surface area contributed by atoms with Gasteiger partial charge in [-0.15, -0.1) is 0 Å². The molecule has 0 atom stereocenters. The van der Waals surface area contributed by atoms with Gasteiger partial charge in [-0.3, -0.25) is 4.79 Å². The topological polar surface area (TPSA) is 59.2 Å². The van der Waals surface area contributed by atoms with Gasteiger partial charge in [0.05, 0.1) is 12.2 Å². The van der Waals surface area contributed by atoms with E-state index in [0.29, 0.717) is 0 Å². The number of nitrogens with one attached hydrogen (secondary N) is 1. The van der Waals surface area contributed by atoms with Crippen LogP contribution in [0.2, 0.25) is 0 Å². The largest absolute Gasteiger partial charge is 0.456 e. The summed E-state index contributed by atoms with van der Waals surface area (Å²) >= 11 is 0. The minimum atomic E-state index is -0.629. The Hall–Kier alpha value is -2.02. The van der Waals surface area contributed by atoms with Crippen molar-refractivity contribution in [1.29, 1.82) is 0 Å². The molecule has 0 radical (unpaired) electrons. The molecule has 0 saturated carbocycles. The van der Waals surface area contributed by atoms with Gasteiger partial charge in [-0.25, -0.2) is 4.79 Å². The third-order valence-corrected chi connectivity index (χ3v) is 1.40. The Morgan fingerprint density at radius 3 is 3.07 bits per heavy atom. The first-order valence-corrected chi connectivity index (χ1v) is 4.10. The zero-order chi connectivity index (χ0) is 10.4. The van der Waals surface area contributed by atoms with Crippen LogP contribution in [0.25, 0.3) is 0 Å². The summed E-state index contributed by atoms with van der Waals surface area (Å²) in [5.41, 5.74) is 0.0288. The summed E-state index contributed by atoms with van der Waals surface area (Å²) in [5.74, 6) is 4.01. The summed E-state index contributed by atoms with van der Waals surface area (Å²) in [5, 5.41) is 0. The number of aromatic nitrogens is 1. The molecular weight excluding hydrogens is 182 g/mol. The second kappa shape index (κ2) is 4.87. The Labute approximate surface area is 80.9 Å². The predicted molar refractivity (Wildman–Crippen MR) is 50.6 cm³/mol. The van der Waals surface area contributed by atoms with Crippen LogP contribution < -0.4 is 5.43 Å². The van der Waals surface area contributed by atoms with Gasteiger partial charge in [-0.1, -0.05) is 0 Å². The van der Waals surface area contributed by atoms with E-state index in [9.17, 15) is 9.59 Å². The Balaban J connectivity index is 2.83. The van der Waals surface area contributed by atoms with Crippen LogP contribution >= 0.6 is 0 Å². The molecule has 0 bridgehead atoms. The highest BCUT2D eigenvalue weighted by molar-refractivity contribution is 5.89.